The van der Waals surface area contributed by atoms with Crippen LogP contribution < -0.4 is 49.1 Å². The van der Waals surface area contributed by atoms with Crippen molar-refractivity contribution in [2.75, 3.05) is 19.7 Å². The monoisotopic (exact) mass is 1030 g/mol. The summed E-state index contributed by atoms with van der Waals surface area (Å²) in [6.07, 6.45) is -0.152. The number of likely N-dealkylation sites (tertiary alicyclic amines) is 2. The zero-order valence-electron chi connectivity index (χ0n) is 42.1. The molecule has 404 valence electrons. The molecule has 24 nitrogen and oxygen atoms in total. The minimum Gasteiger partial charge on any atom is -0.480 e. The minimum atomic E-state index is -1.78. The summed E-state index contributed by atoms with van der Waals surface area (Å²) in [5.41, 5.74) is 18.5. The predicted molar refractivity (Wildman–Crippen MR) is 266 cm³/mol. The fourth-order valence-corrected chi connectivity index (χ4v) is 8.80. The Bertz CT molecular complexity index is 2340. The summed E-state index contributed by atoms with van der Waals surface area (Å²) in [5.74, 6) is -11.2. The lowest BCUT2D eigenvalue weighted by atomic mass is 9.98. The van der Waals surface area contributed by atoms with E-state index >= 15 is 0 Å². The molecular weight excluding hydrogens is 963 g/mol. The van der Waals surface area contributed by atoms with E-state index in [2.05, 4.69) is 31.9 Å². The Labute approximate surface area is 429 Å². The molecule has 2 aromatic rings. The van der Waals surface area contributed by atoms with Gasteiger partial charge >= 0.3 is 5.97 Å². The topological polar surface area (TPSA) is 385 Å². The maximum absolute atomic E-state index is 14.2. The number of nitrogens with two attached hydrogens (primary N) is 3. The van der Waals surface area contributed by atoms with Gasteiger partial charge in [-0.3, -0.25) is 47.9 Å². The number of carbonyl (C=O) groups excluding carboxylic acids is 10. The van der Waals surface area contributed by atoms with Crippen LogP contribution in [0.2, 0.25) is 0 Å². The molecule has 2 heterocycles. The van der Waals surface area contributed by atoms with Crippen molar-refractivity contribution in [3.8, 4) is 0 Å². The third-order valence-corrected chi connectivity index (χ3v) is 13.1. The van der Waals surface area contributed by atoms with E-state index in [4.69, 9.17) is 17.2 Å². The average Bonchev–Trinajstić information content (AvgIpc) is 4.07. The van der Waals surface area contributed by atoms with Crippen molar-refractivity contribution in [3.63, 3.8) is 0 Å². The lowest BCUT2D eigenvalue weighted by molar-refractivity contribution is -0.145. The van der Waals surface area contributed by atoms with Crippen LogP contribution in [0.25, 0.3) is 0 Å². The van der Waals surface area contributed by atoms with Gasteiger partial charge in [0.1, 0.15) is 48.3 Å². The van der Waals surface area contributed by atoms with E-state index < -0.39 is 151 Å². The van der Waals surface area contributed by atoms with Crippen LogP contribution >= 0.6 is 0 Å². The third-order valence-electron chi connectivity index (χ3n) is 13.1. The maximum Gasteiger partial charge on any atom is 0.326 e. The first kappa shape index (κ1) is 59.1. The normalized spacial score (nSPS) is 18.5. The highest BCUT2D eigenvalue weighted by Gasteiger charge is 2.43. The third kappa shape index (κ3) is 16.8. The molecule has 0 bridgehead atoms. The standard InChI is InChI=1S/C50H71N11O13/c1-5-28(4)41(50(73)74)59-45(68)34(25-39(53)64)56-46(69)36-18-12-20-60(36)48(71)35(26-62)57-44(67)33(24-38(52)63)54-43(66)32(23-30-16-10-7-11-17-30)55-47(70)37-19-13-21-61(37)49(72)40(27(2)3)58-42(65)31(51)22-29-14-8-6-9-15-29/h6-11,14-17,27-28,31-37,40-41,62H,5,12-13,18-26,51H2,1-4H3,(H2,52,63)(H2,53,64)(H,54,66)(H,55,70)(H,56,69)(H,57,67)(H,58,65)(H,59,68)(H,73,74)/t28-,31-,32-,33-,34-,35-,36-,37-,40-,41-/m0/s1. The molecule has 0 spiro atoms. The van der Waals surface area contributed by atoms with E-state index in [1.807, 2.05) is 30.3 Å². The van der Waals surface area contributed by atoms with E-state index in [1.54, 1.807) is 58.0 Å². The molecule has 2 saturated heterocycles. The second-order valence-corrected chi connectivity index (χ2v) is 19.1. The number of carbonyl (C=O) groups is 11. The number of carboxylic acids is 1. The number of nitrogens with zero attached hydrogens (tertiary/aromatic N) is 2. The number of aliphatic carboxylic acids is 1. The van der Waals surface area contributed by atoms with E-state index in [9.17, 15) is 63.0 Å². The van der Waals surface area contributed by atoms with Gasteiger partial charge in [-0.25, -0.2) is 4.79 Å². The molecule has 24 heteroatoms. The molecule has 74 heavy (non-hydrogen) atoms. The number of hydrogen-bond donors (Lipinski definition) is 11. The number of rotatable bonds is 27. The Morgan fingerprint density at radius 2 is 1.01 bits per heavy atom. The highest BCUT2D eigenvalue weighted by molar-refractivity contribution is 6.00. The van der Waals surface area contributed by atoms with Crippen LogP contribution in [-0.4, -0.2) is 159 Å². The number of nitrogens with one attached hydrogen (secondary N) is 6. The van der Waals surface area contributed by atoms with Crippen LogP contribution in [-0.2, 0) is 65.6 Å². The van der Waals surface area contributed by atoms with E-state index in [0.29, 0.717) is 18.4 Å². The van der Waals surface area contributed by atoms with Crippen molar-refractivity contribution in [1.29, 1.82) is 0 Å². The number of hydrogen-bond acceptors (Lipinski definition) is 13. The number of primary amides is 2. The van der Waals surface area contributed by atoms with Gasteiger partial charge in [0.05, 0.1) is 25.5 Å². The second kappa shape index (κ2) is 28.1. The molecule has 0 radical (unpaired) electrons. The molecule has 0 aromatic heterocycles. The van der Waals surface area contributed by atoms with Crippen molar-refractivity contribution in [2.45, 2.75) is 140 Å². The Hall–Kier alpha value is -7.47. The van der Waals surface area contributed by atoms with Crippen molar-refractivity contribution in [2.24, 2.45) is 29.0 Å². The number of aliphatic hydroxyl groups excluding tert-OH is 1. The summed E-state index contributed by atoms with van der Waals surface area (Å²) >= 11 is 0. The Morgan fingerprint density at radius 1 is 0.581 bits per heavy atom. The van der Waals surface area contributed by atoms with Gasteiger partial charge in [0.15, 0.2) is 0 Å². The maximum atomic E-state index is 14.2. The average molecular weight is 1030 g/mol. The molecule has 14 N–H and O–H groups in total. The Kier molecular flexibility index (Phi) is 22.4. The minimum absolute atomic E-state index is 0.0413. The van der Waals surface area contributed by atoms with Crippen molar-refractivity contribution >= 4 is 65.0 Å². The summed E-state index contributed by atoms with van der Waals surface area (Å²) in [5, 5.41) is 35.0. The summed E-state index contributed by atoms with van der Waals surface area (Å²) in [4.78, 5) is 149. The van der Waals surface area contributed by atoms with E-state index in [0.717, 1.165) is 10.5 Å². The van der Waals surface area contributed by atoms with Crippen LogP contribution in [0.4, 0.5) is 0 Å². The van der Waals surface area contributed by atoms with Gasteiger partial charge in [-0.2, -0.15) is 0 Å². The van der Waals surface area contributed by atoms with Gasteiger partial charge in [0.25, 0.3) is 0 Å². The highest BCUT2D eigenvalue weighted by Crippen LogP contribution is 2.22. The fourth-order valence-electron chi connectivity index (χ4n) is 8.80. The number of aliphatic hydroxyl groups is 1. The van der Waals surface area contributed by atoms with Gasteiger partial charge in [0, 0.05) is 19.5 Å². The van der Waals surface area contributed by atoms with E-state index in [-0.39, 0.29) is 45.2 Å². The first-order chi connectivity index (χ1) is 35.1. The van der Waals surface area contributed by atoms with Gasteiger partial charge in [-0.05, 0) is 55.1 Å². The Morgan fingerprint density at radius 3 is 1.49 bits per heavy atom. The van der Waals surface area contributed by atoms with Gasteiger partial charge in [-0.15, -0.1) is 0 Å². The number of benzene rings is 2. The first-order valence-electron chi connectivity index (χ1n) is 24.7. The highest BCUT2D eigenvalue weighted by atomic mass is 16.4. The molecule has 2 fully saturated rings. The van der Waals surface area contributed by atoms with Gasteiger partial charge in [-0.1, -0.05) is 94.8 Å². The van der Waals surface area contributed by atoms with Crippen molar-refractivity contribution in [1.82, 2.24) is 41.7 Å². The molecule has 4 rings (SSSR count). The molecule has 0 unspecified atom stereocenters. The SMILES string of the molecule is CC[C@H](C)[C@H](NC(=O)[C@H](CC(N)=O)NC(=O)[C@@H]1CCCN1C(=O)[C@H](CO)NC(=O)[C@H](CC(N)=O)NC(=O)[C@H](Cc1ccccc1)NC(=O)[C@@H]1CCCN1C(=O)[C@@H](NC(=O)[C@@H](N)Cc1ccccc1)C(C)C)C(=O)O. The van der Waals surface area contributed by atoms with Crippen molar-refractivity contribution in [3.05, 3.63) is 71.8 Å². The summed E-state index contributed by atoms with van der Waals surface area (Å²) in [7, 11) is 0. The molecule has 2 aliphatic heterocycles. The van der Waals surface area contributed by atoms with Crippen LogP contribution in [0.5, 0.6) is 0 Å². The first-order valence-corrected chi connectivity index (χ1v) is 24.7. The largest absolute Gasteiger partial charge is 0.480 e. The van der Waals surface area contributed by atoms with E-state index in [1.165, 1.54) is 4.90 Å². The lowest BCUT2D eigenvalue weighted by Gasteiger charge is -2.32. The molecule has 10 atom stereocenters. The summed E-state index contributed by atoms with van der Waals surface area (Å²) < 4.78 is 0. The molecule has 0 saturated carbocycles. The van der Waals surface area contributed by atoms with Crippen LogP contribution in [0.3, 0.4) is 0 Å². The second-order valence-electron chi connectivity index (χ2n) is 19.1. The predicted octanol–water partition coefficient (Wildman–Crippen LogP) is -2.78. The fraction of sp³-hybridized carbons (Fsp3) is 0.540. The van der Waals surface area contributed by atoms with Crippen LogP contribution in [0, 0.1) is 11.8 Å². The number of amides is 10. The van der Waals surface area contributed by atoms with Crippen LogP contribution in [0.15, 0.2) is 60.7 Å². The van der Waals surface area contributed by atoms with Crippen molar-refractivity contribution < 1.29 is 63.0 Å². The summed E-state index contributed by atoms with van der Waals surface area (Å²) in [6, 6.07) is 5.26. The lowest BCUT2D eigenvalue weighted by Crippen LogP contribution is -2.61. The molecule has 2 aliphatic rings. The van der Waals surface area contributed by atoms with Gasteiger partial charge in [0.2, 0.25) is 59.1 Å². The molecule has 2 aromatic carbocycles. The zero-order valence-corrected chi connectivity index (χ0v) is 42.1. The van der Waals surface area contributed by atoms with Crippen LogP contribution in [0.1, 0.15) is 83.8 Å². The molecule has 10 amide bonds. The molecular formula is C50H71N11O13. The smallest absolute Gasteiger partial charge is 0.326 e. The zero-order chi connectivity index (χ0) is 54.8. The Balaban J connectivity index is 1.49. The molecule has 0 aliphatic carbocycles. The quantitative estimate of drug-likeness (QED) is 0.0432. The van der Waals surface area contributed by atoms with Gasteiger partial charge < -0.3 is 69.1 Å². The summed E-state index contributed by atoms with van der Waals surface area (Å²) in [6.45, 7) is 5.84. The number of carboxylic acid groups (broad SMARTS) is 1.